The van der Waals surface area contributed by atoms with E-state index in [9.17, 15) is 14.7 Å². The highest BCUT2D eigenvalue weighted by Crippen LogP contribution is 2.21. The van der Waals surface area contributed by atoms with Gasteiger partial charge in [0.2, 0.25) is 5.91 Å². The molecule has 1 amide bonds. The minimum atomic E-state index is -0.762. The third kappa shape index (κ3) is 7.77. The first kappa shape index (κ1) is 21.5. The van der Waals surface area contributed by atoms with Crippen LogP contribution in [0.5, 0.6) is 0 Å². The third-order valence-corrected chi connectivity index (χ3v) is 4.95. The minimum Gasteiger partial charge on any atom is -0.481 e. The highest BCUT2D eigenvalue weighted by atomic mass is 35.5. The molecule has 0 bridgehead atoms. The fourth-order valence-corrected chi connectivity index (χ4v) is 3.50. The summed E-state index contributed by atoms with van der Waals surface area (Å²) in [5.41, 5.74) is 0. The Morgan fingerprint density at radius 3 is 2.81 bits per heavy atom. The van der Waals surface area contributed by atoms with Gasteiger partial charge in [-0.15, -0.1) is 0 Å². The van der Waals surface area contributed by atoms with E-state index in [0.29, 0.717) is 36.8 Å². The predicted molar refractivity (Wildman–Crippen MR) is 103 cm³/mol. The van der Waals surface area contributed by atoms with Crippen molar-refractivity contribution in [1.82, 2.24) is 4.90 Å². The second-order valence-corrected chi connectivity index (χ2v) is 7.34. The Labute approximate surface area is 164 Å². The van der Waals surface area contributed by atoms with Crippen molar-refractivity contribution in [2.45, 2.75) is 69.9 Å². The summed E-state index contributed by atoms with van der Waals surface area (Å²) in [7, 11) is 0. The number of nitrogens with zero attached hydrogens (tertiary/aromatic N) is 1. The highest BCUT2D eigenvalue weighted by molar-refractivity contribution is 6.28. The van der Waals surface area contributed by atoms with Gasteiger partial charge in [0.1, 0.15) is 5.76 Å². The number of unbranched alkanes of at least 4 members (excludes halogenated alkanes) is 3. The van der Waals surface area contributed by atoms with E-state index in [1.165, 1.54) is 0 Å². The van der Waals surface area contributed by atoms with Gasteiger partial charge in [-0.1, -0.05) is 25.0 Å². The van der Waals surface area contributed by atoms with Crippen LogP contribution in [0.3, 0.4) is 0 Å². The number of aliphatic hydroxyl groups is 1. The number of likely N-dealkylation sites (tertiary alicyclic amines) is 1. The second kappa shape index (κ2) is 11.1. The van der Waals surface area contributed by atoms with Gasteiger partial charge in [0.25, 0.3) is 0 Å². The van der Waals surface area contributed by atoms with Crippen molar-refractivity contribution in [3.63, 3.8) is 0 Å². The average Bonchev–Trinajstić information content (AvgIpc) is 3.02. The molecule has 1 saturated heterocycles. The topological polar surface area (TPSA) is 91.0 Å². The number of carbonyl (C=O) groups excluding carboxylic acids is 1. The highest BCUT2D eigenvalue weighted by Gasteiger charge is 2.25. The fraction of sp³-hybridized carbons (Fsp3) is 0.600. The second-order valence-electron chi connectivity index (χ2n) is 6.97. The molecular formula is C20H28ClNO5. The standard InChI is InChI=1S/C20H28ClNO5/c21-18-12-11-17(27-18)14-16(23)10-9-15-6-5-7-19(24)22(15)13-4-2-1-3-8-20(25)26/h9-12,15-16,23H,1-8,13-14H2,(H,25,26)/b10-9+/t15-,16?/m1/s1. The van der Waals surface area contributed by atoms with Crippen LogP contribution >= 0.6 is 11.6 Å². The van der Waals surface area contributed by atoms with E-state index in [-0.39, 0.29) is 18.4 Å². The van der Waals surface area contributed by atoms with Gasteiger partial charge in [-0.2, -0.15) is 0 Å². The van der Waals surface area contributed by atoms with E-state index in [2.05, 4.69) is 0 Å². The first-order valence-corrected chi connectivity index (χ1v) is 9.95. The molecule has 27 heavy (non-hydrogen) atoms. The number of hydrogen-bond donors (Lipinski definition) is 2. The Morgan fingerprint density at radius 1 is 1.33 bits per heavy atom. The molecule has 2 atom stereocenters. The van der Waals surface area contributed by atoms with Crippen LogP contribution in [0, 0.1) is 0 Å². The lowest BCUT2D eigenvalue weighted by Gasteiger charge is -2.34. The molecule has 1 aliphatic rings. The van der Waals surface area contributed by atoms with Crippen molar-refractivity contribution in [2.24, 2.45) is 0 Å². The van der Waals surface area contributed by atoms with Gasteiger partial charge >= 0.3 is 5.97 Å². The molecular weight excluding hydrogens is 370 g/mol. The number of furan rings is 1. The van der Waals surface area contributed by atoms with Crippen LogP contribution in [0.1, 0.15) is 57.1 Å². The van der Waals surface area contributed by atoms with E-state index in [1.54, 1.807) is 18.2 Å². The van der Waals surface area contributed by atoms with E-state index in [0.717, 1.165) is 32.1 Å². The van der Waals surface area contributed by atoms with Gasteiger partial charge < -0.3 is 19.5 Å². The lowest BCUT2D eigenvalue weighted by molar-refractivity contribution is -0.137. The molecule has 0 aromatic carbocycles. The minimum absolute atomic E-state index is 0.000101. The van der Waals surface area contributed by atoms with Crippen molar-refractivity contribution in [3.8, 4) is 0 Å². The molecule has 0 spiro atoms. The number of carboxylic acids is 1. The quantitative estimate of drug-likeness (QED) is 0.437. The number of aliphatic carboxylic acids is 1. The van der Waals surface area contributed by atoms with Gasteiger partial charge in [0.15, 0.2) is 5.22 Å². The molecule has 0 saturated carbocycles. The van der Waals surface area contributed by atoms with Crippen molar-refractivity contribution in [1.29, 1.82) is 0 Å². The molecule has 1 aliphatic heterocycles. The summed E-state index contributed by atoms with van der Waals surface area (Å²) in [5, 5.41) is 19.1. The molecule has 150 valence electrons. The Bertz CT molecular complexity index is 642. The number of aliphatic hydroxyl groups excluding tert-OH is 1. The van der Waals surface area contributed by atoms with Crippen LogP contribution in [0.2, 0.25) is 5.22 Å². The summed E-state index contributed by atoms with van der Waals surface area (Å²) in [6, 6.07) is 3.38. The first-order chi connectivity index (χ1) is 13.0. The number of rotatable bonds is 11. The summed E-state index contributed by atoms with van der Waals surface area (Å²) in [4.78, 5) is 24.7. The number of piperidine rings is 1. The molecule has 7 heteroatoms. The van der Waals surface area contributed by atoms with Crippen LogP contribution < -0.4 is 0 Å². The maximum Gasteiger partial charge on any atom is 0.303 e. The number of carbonyl (C=O) groups is 2. The monoisotopic (exact) mass is 397 g/mol. The van der Waals surface area contributed by atoms with Crippen molar-refractivity contribution < 1.29 is 24.2 Å². The van der Waals surface area contributed by atoms with Crippen molar-refractivity contribution in [3.05, 3.63) is 35.3 Å². The number of carboxylic acid groups (broad SMARTS) is 1. The first-order valence-electron chi connectivity index (χ1n) is 9.57. The summed E-state index contributed by atoms with van der Waals surface area (Å²) >= 11 is 5.73. The maximum absolute atomic E-state index is 12.3. The Balaban J connectivity index is 1.79. The van der Waals surface area contributed by atoms with E-state index in [1.807, 2.05) is 11.0 Å². The summed E-state index contributed by atoms with van der Waals surface area (Å²) in [5.74, 6) is 0.00520. The van der Waals surface area contributed by atoms with E-state index >= 15 is 0 Å². The zero-order valence-corrected chi connectivity index (χ0v) is 16.2. The predicted octanol–water partition coefficient (Wildman–Crippen LogP) is 3.81. The van der Waals surface area contributed by atoms with Gasteiger partial charge in [0, 0.05) is 25.8 Å². The number of hydrogen-bond acceptors (Lipinski definition) is 4. The summed E-state index contributed by atoms with van der Waals surface area (Å²) in [6.45, 7) is 0.671. The van der Waals surface area contributed by atoms with Crippen LogP contribution in [0.25, 0.3) is 0 Å². The maximum atomic E-state index is 12.3. The van der Waals surface area contributed by atoms with Gasteiger partial charge in [-0.05, 0) is 49.4 Å². The molecule has 2 rings (SSSR count). The van der Waals surface area contributed by atoms with E-state index in [4.69, 9.17) is 21.1 Å². The third-order valence-electron chi connectivity index (χ3n) is 4.75. The lowest BCUT2D eigenvalue weighted by Crippen LogP contribution is -2.43. The van der Waals surface area contributed by atoms with Crippen LogP contribution in [0.15, 0.2) is 28.7 Å². The Hall–Kier alpha value is -1.79. The summed E-state index contributed by atoms with van der Waals surface area (Å²) < 4.78 is 5.25. The van der Waals surface area contributed by atoms with Crippen molar-refractivity contribution in [2.75, 3.05) is 6.54 Å². The van der Waals surface area contributed by atoms with Gasteiger partial charge in [-0.25, -0.2) is 0 Å². The SMILES string of the molecule is O=C(O)CCCCCCN1C(=O)CCC[C@@H]1/C=C/C(O)Cc1ccc(Cl)o1. The zero-order valence-electron chi connectivity index (χ0n) is 15.5. The van der Waals surface area contributed by atoms with Crippen molar-refractivity contribution >= 4 is 23.5 Å². The van der Waals surface area contributed by atoms with Gasteiger partial charge in [-0.3, -0.25) is 9.59 Å². The molecule has 1 fully saturated rings. The number of amides is 1. The summed E-state index contributed by atoms with van der Waals surface area (Å²) in [6.07, 6.45) is 9.11. The van der Waals surface area contributed by atoms with Crippen LogP contribution in [-0.2, 0) is 16.0 Å². The molecule has 6 nitrogen and oxygen atoms in total. The van der Waals surface area contributed by atoms with Gasteiger partial charge in [0.05, 0.1) is 12.1 Å². The molecule has 0 aliphatic carbocycles. The van der Waals surface area contributed by atoms with E-state index < -0.39 is 12.1 Å². The average molecular weight is 398 g/mol. The fourth-order valence-electron chi connectivity index (χ4n) is 3.34. The largest absolute Gasteiger partial charge is 0.481 e. The Kier molecular flexibility index (Phi) is 8.88. The smallest absolute Gasteiger partial charge is 0.303 e. The number of halogens is 1. The molecule has 1 unspecified atom stereocenters. The molecule has 0 radical (unpaired) electrons. The lowest BCUT2D eigenvalue weighted by atomic mass is 9.99. The normalized spacial score (nSPS) is 19.0. The Morgan fingerprint density at radius 2 is 2.11 bits per heavy atom. The molecule has 1 aromatic heterocycles. The zero-order chi connectivity index (χ0) is 19.6. The van der Waals surface area contributed by atoms with Crippen LogP contribution in [-0.4, -0.2) is 45.7 Å². The molecule has 2 N–H and O–H groups in total. The molecule has 1 aromatic rings. The molecule has 2 heterocycles. The van der Waals surface area contributed by atoms with Crippen LogP contribution in [0.4, 0.5) is 0 Å².